The van der Waals surface area contributed by atoms with Gasteiger partial charge in [0.15, 0.2) is 11.6 Å². The fourth-order valence-corrected chi connectivity index (χ4v) is 5.80. The number of rotatable bonds is 4. The molecular weight excluding hydrogens is 466 g/mol. The Bertz CT molecular complexity index is 1190. The maximum absolute atomic E-state index is 13.7. The molecule has 7 nitrogen and oxygen atoms in total. The number of carbonyl (C=O) groups is 2. The molecule has 2 saturated heterocycles. The van der Waals surface area contributed by atoms with Gasteiger partial charge in [-0.1, -0.05) is 24.3 Å². The molecule has 0 unspecified atom stereocenters. The number of nitrogens with one attached hydrogen (secondary N) is 1. The van der Waals surface area contributed by atoms with E-state index in [0.717, 1.165) is 66.8 Å². The molecular formula is C27H28F2N4O3. The molecule has 0 bridgehead atoms. The average Bonchev–Trinajstić information content (AvgIpc) is 3.52. The first-order chi connectivity index (χ1) is 17.4. The minimum absolute atomic E-state index is 0.105. The maximum Gasteiger partial charge on any atom is 0.418 e. The van der Waals surface area contributed by atoms with E-state index < -0.39 is 29.8 Å². The quantitative estimate of drug-likeness (QED) is 0.658. The number of carbonyl (C=O) groups excluding carboxylic acids is 2. The molecule has 3 fully saturated rings. The summed E-state index contributed by atoms with van der Waals surface area (Å²) in [5.41, 5.74) is 2.20. The number of halogens is 2. The van der Waals surface area contributed by atoms with E-state index >= 15 is 0 Å². The number of imide groups is 1. The third-order valence-electron chi connectivity index (χ3n) is 7.70. The molecule has 2 heterocycles. The highest BCUT2D eigenvalue weighted by Crippen LogP contribution is 2.37. The lowest BCUT2D eigenvalue weighted by Crippen LogP contribution is -2.47. The van der Waals surface area contributed by atoms with Crippen LogP contribution in [-0.2, 0) is 4.74 Å². The van der Waals surface area contributed by atoms with E-state index in [1.807, 2.05) is 18.2 Å². The number of amides is 3. The van der Waals surface area contributed by atoms with Crippen LogP contribution in [0.5, 0.6) is 0 Å². The normalized spacial score (nSPS) is 26.5. The monoisotopic (exact) mass is 494 g/mol. The van der Waals surface area contributed by atoms with Crippen molar-refractivity contribution in [3.63, 3.8) is 0 Å². The minimum Gasteiger partial charge on any atom is -0.446 e. The van der Waals surface area contributed by atoms with Gasteiger partial charge < -0.3 is 10.1 Å². The molecule has 2 atom stereocenters. The van der Waals surface area contributed by atoms with Crippen molar-refractivity contribution in [2.75, 3.05) is 19.7 Å². The van der Waals surface area contributed by atoms with Gasteiger partial charge in [0.1, 0.15) is 12.6 Å². The van der Waals surface area contributed by atoms with Crippen LogP contribution in [0, 0.1) is 23.0 Å². The van der Waals surface area contributed by atoms with Crippen LogP contribution in [0.2, 0.25) is 0 Å². The number of nitriles is 1. The Morgan fingerprint density at radius 1 is 1.06 bits per heavy atom. The van der Waals surface area contributed by atoms with Crippen molar-refractivity contribution in [3.05, 3.63) is 70.8 Å². The number of urea groups is 1. The lowest BCUT2D eigenvalue weighted by Gasteiger charge is -2.35. The number of ether oxygens (including phenoxy) is 1. The van der Waals surface area contributed by atoms with Gasteiger partial charge >= 0.3 is 12.1 Å². The van der Waals surface area contributed by atoms with Crippen molar-refractivity contribution in [2.24, 2.45) is 0 Å². The molecule has 0 aromatic heterocycles. The van der Waals surface area contributed by atoms with E-state index in [1.165, 1.54) is 6.07 Å². The highest BCUT2D eigenvalue weighted by molar-refractivity contribution is 5.92. The Morgan fingerprint density at radius 3 is 2.58 bits per heavy atom. The summed E-state index contributed by atoms with van der Waals surface area (Å²) < 4.78 is 32.1. The second-order valence-electron chi connectivity index (χ2n) is 9.77. The fraction of sp³-hybridized carbons (Fsp3) is 0.444. The van der Waals surface area contributed by atoms with Crippen LogP contribution in [0.15, 0.2) is 42.5 Å². The molecule has 0 radical (unpaired) electrons. The van der Waals surface area contributed by atoms with E-state index in [0.29, 0.717) is 24.1 Å². The molecule has 1 saturated carbocycles. The smallest absolute Gasteiger partial charge is 0.418 e. The summed E-state index contributed by atoms with van der Waals surface area (Å²) in [7, 11) is 0. The lowest BCUT2D eigenvalue weighted by atomic mass is 9.80. The summed E-state index contributed by atoms with van der Waals surface area (Å²) in [6.45, 7) is 1.44. The topological polar surface area (TPSA) is 85.7 Å². The van der Waals surface area contributed by atoms with Gasteiger partial charge in [-0.3, -0.25) is 4.90 Å². The van der Waals surface area contributed by atoms with Crippen LogP contribution >= 0.6 is 0 Å². The van der Waals surface area contributed by atoms with Crippen LogP contribution in [-0.4, -0.2) is 53.7 Å². The molecule has 0 spiro atoms. The number of hydrogen-bond acceptors (Lipinski definition) is 5. The molecule has 5 rings (SSSR count). The molecule has 9 heteroatoms. The van der Waals surface area contributed by atoms with Crippen LogP contribution < -0.4 is 5.32 Å². The first kappa shape index (κ1) is 24.2. The number of benzene rings is 2. The average molecular weight is 495 g/mol. The fourth-order valence-electron chi connectivity index (χ4n) is 5.80. The summed E-state index contributed by atoms with van der Waals surface area (Å²) in [6.07, 6.45) is 4.07. The molecule has 36 heavy (non-hydrogen) atoms. The van der Waals surface area contributed by atoms with Crippen molar-refractivity contribution in [1.82, 2.24) is 15.1 Å². The third-order valence-corrected chi connectivity index (χ3v) is 7.70. The highest BCUT2D eigenvalue weighted by Gasteiger charge is 2.41. The van der Waals surface area contributed by atoms with E-state index in [1.54, 1.807) is 0 Å². The van der Waals surface area contributed by atoms with Gasteiger partial charge in [-0.05, 0) is 67.3 Å². The largest absolute Gasteiger partial charge is 0.446 e. The molecule has 2 aromatic rings. The van der Waals surface area contributed by atoms with Crippen LogP contribution in [0.3, 0.4) is 0 Å². The Morgan fingerprint density at radius 2 is 1.83 bits per heavy atom. The number of cyclic esters (lactones) is 1. The van der Waals surface area contributed by atoms with E-state index in [-0.39, 0.29) is 12.6 Å². The summed E-state index contributed by atoms with van der Waals surface area (Å²) in [6, 6.07) is 12.4. The zero-order chi connectivity index (χ0) is 25.2. The Balaban J connectivity index is 1.16. The van der Waals surface area contributed by atoms with Gasteiger partial charge in [-0.15, -0.1) is 0 Å². The van der Waals surface area contributed by atoms with Gasteiger partial charge in [0.05, 0.1) is 11.6 Å². The van der Waals surface area contributed by atoms with E-state index in [4.69, 9.17) is 4.74 Å². The van der Waals surface area contributed by atoms with Gasteiger partial charge in [0.25, 0.3) is 0 Å². The molecule has 2 aromatic carbocycles. The SMILES string of the molecule is N#Cc1ccccc1[C@H]1CC[C@@H](N2CC[C@@H](NC(=O)N3C(=O)OC[C@@H]3c3ccc(F)c(F)c3)C2)CC1. The molecule has 1 N–H and O–H groups in total. The van der Waals surface area contributed by atoms with Gasteiger partial charge in [-0.25, -0.2) is 23.3 Å². The molecule has 188 valence electrons. The molecule has 1 aliphatic carbocycles. The van der Waals surface area contributed by atoms with E-state index in [9.17, 15) is 23.6 Å². The molecule has 2 aliphatic heterocycles. The third kappa shape index (κ3) is 4.78. The number of nitrogens with zero attached hydrogens (tertiary/aromatic N) is 3. The second-order valence-corrected chi connectivity index (χ2v) is 9.77. The number of likely N-dealkylation sites (tertiary alicyclic amines) is 1. The minimum atomic E-state index is -1.04. The van der Waals surface area contributed by atoms with Crippen molar-refractivity contribution in [3.8, 4) is 6.07 Å². The van der Waals surface area contributed by atoms with Crippen molar-refractivity contribution in [1.29, 1.82) is 5.26 Å². The van der Waals surface area contributed by atoms with Crippen molar-refractivity contribution >= 4 is 12.1 Å². The van der Waals surface area contributed by atoms with Crippen LogP contribution in [0.4, 0.5) is 18.4 Å². The summed E-state index contributed by atoms with van der Waals surface area (Å²) >= 11 is 0. The maximum atomic E-state index is 13.7. The molecule has 3 aliphatic rings. The molecule has 3 amide bonds. The van der Waals surface area contributed by atoms with E-state index in [2.05, 4.69) is 22.4 Å². The van der Waals surface area contributed by atoms with Crippen molar-refractivity contribution < 1.29 is 23.1 Å². The predicted molar refractivity (Wildman–Crippen MR) is 127 cm³/mol. The zero-order valence-electron chi connectivity index (χ0n) is 19.8. The van der Waals surface area contributed by atoms with Gasteiger partial charge in [0, 0.05) is 25.2 Å². The first-order valence-electron chi connectivity index (χ1n) is 12.4. The number of hydrogen-bond donors (Lipinski definition) is 1. The lowest BCUT2D eigenvalue weighted by molar-refractivity contribution is 0.155. The zero-order valence-corrected chi connectivity index (χ0v) is 19.8. The van der Waals surface area contributed by atoms with Gasteiger partial charge in [0.2, 0.25) is 0 Å². The Labute approximate surface area is 208 Å². The summed E-state index contributed by atoms with van der Waals surface area (Å²) in [4.78, 5) is 28.6. The Kier molecular flexibility index (Phi) is 6.88. The summed E-state index contributed by atoms with van der Waals surface area (Å²) in [5.74, 6) is -1.64. The van der Waals surface area contributed by atoms with Crippen LogP contribution in [0.25, 0.3) is 0 Å². The van der Waals surface area contributed by atoms with Crippen molar-refractivity contribution in [2.45, 2.75) is 56.1 Å². The highest BCUT2D eigenvalue weighted by atomic mass is 19.2. The summed E-state index contributed by atoms with van der Waals surface area (Å²) in [5, 5.41) is 12.4. The standard InChI is InChI=1S/C27H28F2N4O3/c28-23-10-7-18(13-24(23)29)25-16-36-27(35)33(25)26(34)31-20-11-12-32(15-20)21-8-5-17(6-9-21)22-4-2-1-3-19(22)14-30/h1-4,7,10,13,17,20-21,25H,5-6,8-9,11-12,15-16H2,(H,31,34)/t17-,20-,21+,25-/m1/s1. The second kappa shape index (κ2) is 10.2. The predicted octanol–water partition coefficient (Wildman–Crippen LogP) is 4.84. The van der Waals surface area contributed by atoms with Crippen LogP contribution in [0.1, 0.15) is 60.8 Å². The van der Waals surface area contributed by atoms with Gasteiger partial charge in [-0.2, -0.15) is 5.26 Å². The first-order valence-corrected chi connectivity index (χ1v) is 12.4. The Hall–Kier alpha value is -3.51.